The van der Waals surface area contributed by atoms with Crippen molar-refractivity contribution < 1.29 is 40.0 Å². The predicted molar refractivity (Wildman–Crippen MR) is 46.6 cm³/mol. The first-order valence-electron chi connectivity index (χ1n) is 4.48. The molecular weight excluding hydrogens is 231 g/mol. The van der Waals surface area contributed by atoms with E-state index in [0.29, 0.717) is 0 Å². The Bertz CT molecular complexity index is 265. The van der Waals surface area contributed by atoms with Gasteiger partial charge in [0.25, 0.3) is 0 Å². The number of aliphatic hydroxyl groups excluding tert-OH is 2. The number of aliphatic hydroxyl groups is 2. The molecule has 0 aliphatic carbocycles. The Kier molecular flexibility index (Phi) is 5.16. The van der Waals surface area contributed by atoms with E-state index >= 15 is 0 Å². The smallest absolute Gasteiger partial charge is 0.469 e. The molecule has 0 amide bonds. The molecule has 0 spiro atoms. The van der Waals surface area contributed by atoms with Crippen molar-refractivity contribution in [2.75, 3.05) is 13.7 Å². The summed E-state index contributed by atoms with van der Waals surface area (Å²) in [4.78, 5) is 27.3. The van der Waals surface area contributed by atoms with Gasteiger partial charge >= 0.3 is 13.8 Å². The maximum Gasteiger partial charge on any atom is 0.469 e. The van der Waals surface area contributed by atoms with Gasteiger partial charge in [-0.1, -0.05) is 0 Å². The Labute approximate surface area is 87.1 Å². The molecule has 0 fully saturated rings. The van der Waals surface area contributed by atoms with Crippen molar-refractivity contribution in [3.63, 3.8) is 0 Å². The maximum atomic E-state index is 10.8. The topological polar surface area (TPSA) is 134 Å². The summed E-state index contributed by atoms with van der Waals surface area (Å²) in [5.41, 5.74) is 0. The number of rotatable bonds is 6. The first-order chi connectivity index (χ1) is 7.26. The Hall–Kier alpha value is -0.500. The summed E-state index contributed by atoms with van der Waals surface area (Å²) in [7, 11) is -5.33. The lowest BCUT2D eigenvalue weighted by atomic mass is 10.1. The van der Waals surface area contributed by atoms with Gasteiger partial charge in [-0.2, -0.15) is 0 Å². The number of ether oxygens (including phenoxy) is 1. The van der Waals surface area contributed by atoms with Gasteiger partial charge in [0.15, 0.2) is 0 Å². The van der Waals surface area contributed by atoms with Gasteiger partial charge in [-0.05, 0) is 0 Å². The van der Waals surface area contributed by atoms with Gasteiger partial charge in [0.1, 0.15) is 6.10 Å². The van der Waals surface area contributed by atoms with E-state index in [4.69, 9.17) is 21.4 Å². The molecule has 0 heterocycles. The number of esters is 1. The molecule has 90 valence electrons. The zero-order chi connectivity index (χ0) is 12.8. The van der Waals surface area contributed by atoms with E-state index in [1.54, 1.807) is 0 Å². The fraction of sp³-hybridized carbons (Fsp3) is 0.833. The number of phosphoric ester groups is 1. The minimum absolute atomic E-state index is 0.593. The van der Waals surface area contributed by atoms with Crippen molar-refractivity contribution in [2.45, 2.75) is 18.6 Å². The molecule has 2 atom stereocenters. The van der Waals surface area contributed by atoms with Gasteiger partial charge in [0.05, 0.1) is 27.6 Å². The van der Waals surface area contributed by atoms with E-state index in [2.05, 4.69) is 9.26 Å². The molecular formula is C6H13O8P. The summed E-state index contributed by atoms with van der Waals surface area (Å²) in [6.07, 6.45) is -3.80. The molecule has 4 N–H and O–H groups in total. The highest BCUT2D eigenvalue weighted by atomic mass is 31.2. The van der Waals surface area contributed by atoms with Crippen molar-refractivity contribution >= 4 is 13.8 Å². The van der Waals surface area contributed by atoms with Crippen molar-refractivity contribution in [2.24, 2.45) is 0 Å². The van der Waals surface area contributed by atoms with Crippen LogP contribution in [0.3, 0.4) is 0 Å². The monoisotopic (exact) mass is 245 g/mol. The summed E-state index contributed by atoms with van der Waals surface area (Å²) in [5, 5.41) is 18.3. The molecule has 0 saturated carbocycles. The van der Waals surface area contributed by atoms with Crippen LogP contribution in [0, 0.1) is 0 Å². The quantitative estimate of drug-likeness (QED) is 0.324. The lowest BCUT2D eigenvalue weighted by Crippen LogP contribution is -2.32. The third-order valence-corrected chi connectivity index (χ3v) is 1.88. The molecule has 0 aliphatic rings. The third kappa shape index (κ3) is 7.43. The Morgan fingerprint density at radius 2 is 2.07 bits per heavy atom. The molecule has 0 aliphatic heterocycles. The second kappa shape index (κ2) is 6.16. The lowest BCUT2D eigenvalue weighted by Gasteiger charge is -2.16. The zero-order valence-electron chi connectivity index (χ0n) is 8.65. The Morgan fingerprint density at radius 1 is 1.47 bits per heavy atom. The van der Waals surface area contributed by atoms with Gasteiger partial charge < -0.3 is 24.7 Å². The van der Waals surface area contributed by atoms with E-state index in [-0.39, 0.29) is 0 Å². The van der Waals surface area contributed by atoms with Crippen LogP contribution >= 0.6 is 7.82 Å². The predicted octanol–water partition coefficient (Wildman–Crippen LogP) is -1.62. The van der Waals surface area contributed by atoms with E-state index in [1.165, 1.54) is 0 Å². The highest BCUT2D eigenvalue weighted by molar-refractivity contribution is 7.46. The molecule has 0 bridgehead atoms. The molecule has 15 heavy (non-hydrogen) atoms. The summed E-state index contributed by atoms with van der Waals surface area (Å²) in [6.45, 7) is -0.820. The van der Waals surface area contributed by atoms with Crippen LogP contribution in [0.4, 0.5) is 0 Å². The SMILES string of the molecule is [2H]COC(=O)C[C@H](O)[C@H](O)COP(=O)(O)O. The maximum absolute atomic E-state index is 10.8. The van der Waals surface area contributed by atoms with Crippen LogP contribution in [0.5, 0.6) is 0 Å². The molecule has 0 rings (SSSR count). The van der Waals surface area contributed by atoms with Crippen LogP contribution in [-0.4, -0.2) is 51.9 Å². The number of hydrogen-bond donors (Lipinski definition) is 4. The second-order valence-corrected chi connectivity index (χ2v) is 3.88. The second-order valence-electron chi connectivity index (χ2n) is 2.64. The molecule has 0 aromatic heterocycles. The summed E-state index contributed by atoms with van der Waals surface area (Å²) < 4.78 is 24.9. The first kappa shape index (κ1) is 12.6. The minimum atomic E-state index is -4.72. The van der Waals surface area contributed by atoms with Crippen LogP contribution in [0.2, 0.25) is 0 Å². The standard InChI is InChI=1S/C6H13O8P/c1-13-6(9)2-4(7)5(8)3-14-15(10,11)12/h4-5,7-8H,2-3H2,1H3,(H2,10,11,12)/t4-,5+/m0/s1/i1D. The fourth-order valence-electron chi connectivity index (χ4n) is 0.650. The van der Waals surface area contributed by atoms with Gasteiger partial charge in [0.2, 0.25) is 0 Å². The van der Waals surface area contributed by atoms with Crippen LogP contribution < -0.4 is 0 Å². The average Bonchev–Trinajstić information content (AvgIpc) is 2.13. The molecule has 0 aromatic rings. The summed E-state index contributed by atoms with van der Waals surface area (Å²) in [6, 6.07) is 0. The van der Waals surface area contributed by atoms with Gasteiger partial charge in [-0.3, -0.25) is 9.32 Å². The van der Waals surface area contributed by atoms with E-state index in [0.717, 1.165) is 0 Å². The lowest BCUT2D eigenvalue weighted by molar-refractivity contribution is -0.145. The van der Waals surface area contributed by atoms with Crippen LogP contribution in [0.15, 0.2) is 0 Å². The molecule has 0 saturated heterocycles. The summed E-state index contributed by atoms with van der Waals surface area (Å²) in [5.74, 6) is -0.905. The Morgan fingerprint density at radius 3 is 2.53 bits per heavy atom. The fourth-order valence-corrected chi connectivity index (χ4v) is 0.997. The number of methoxy groups -OCH3 is 1. The van der Waals surface area contributed by atoms with Crippen molar-refractivity contribution in [3.05, 3.63) is 0 Å². The molecule has 0 unspecified atom stereocenters. The first-order valence-corrected chi connectivity index (χ1v) is 5.30. The molecule has 8 nitrogen and oxygen atoms in total. The number of hydrogen-bond acceptors (Lipinski definition) is 6. The normalized spacial score (nSPS) is 16.7. The van der Waals surface area contributed by atoms with E-state index in [1.807, 2.05) is 0 Å². The van der Waals surface area contributed by atoms with Crippen molar-refractivity contribution in [1.29, 1.82) is 0 Å². The van der Waals surface area contributed by atoms with Crippen LogP contribution in [0.1, 0.15) is 7.79 Å². The number of carbonyl (C=O) groups excluding carboxylic acids is 1. The zero-order valence-corrected chi connectivity index (χ0v) is 8.54. The average molecular weight is 245 g/mol. The highest BCUT2D eigenvalue weighted by Crippen LogP contribution is 2.35. The molecule has 0 aromatic carbocycles. The third-order valence-electron chi connectivity index (χ3n) is 1.39. The van der Waals surface area contributed by atoms with Crippen LogP contribution in [0.25, 0.3) is 0 Å². The number of carbonyl (C=O) groups is 1. The highest BCUT2D eigenvalue weighted by Gasteiger charge is 2.24. The summed E-state index contributed by atoms with van der Waals surface area (Å²) >= 11 is 0. The van der Waals surface area contributed by atoms with Gasteiger partial charge in [0, 0.05) is 0 Å². The number of phosphoric acid groups is 1. The van der Waals surface area contributed by atoms with Crippen molar-refractivity contribution in [3.8, 4) is 0 Å². The minimum Gasteiger partial charge on any atom is -0.469 e. The molecule has 9 heteroatoms. The van der Waals surface area contributed by atoms with E-state index < -0.39 is 46.1 Å². The van der Waals surface area contributed by atoms with Crippen molar-refractivity contribution in [1.82, 2.24) is 0 Å². The van der Waals surface area contributed by atoms with Gasteiger partial charge in [-0.25, -0.2) is 4.57 Å². The van der Waals surface area contributed by atoms with Crippen LogP contribution in [-0.2, 0) is 18.6 Å². The van der Waals surface area contributed by atoms with Gasteiger partial charge in [-0.15, -0.1) is 0 Å². The van der Waals surface area contributed by atoms with E-state index in [9.17, 15) is 9.36 Å². The molecule has 0 radical (unpaired) electrons. The largest absolute Gasteiger partial charge is 0.469 e. The Balaban J connectivity index is 3.94.